The summed E-state index contributed by atoms with van der Waals surface area (Å²) in [5.74, 6) is 1.69. The normalized spacial score (nSPS) is 12.8. The maximum atomic E-state index is 12.9. The van der Waals surface area contributed by atoms with Crippen LogP contribution in [0.1, 0.15) is 30.4 Å². The van der Waals surface area contributed by atoms with Gasteiger partial charge in [-0.15, -0.1) is 12.4 Å². The molecule has 2 N–H and O–H groups in total. The fourth-order valence-electron chi connectivity index (χ4n) is 3.14. The van der Waals surface area contributed by atoms with E-state index in [2.05, 4.69) is 0 Å². The standard InChI is InChI=1S/C21H26N2O3.ClH/c1-25-18-10-11-20(26-2)16(13-18)14-23(17-8-9-17)21(24)12-7-15-5-3-4-6-19(15)22;/h3-6,10-11,13,17H,7-9,12,14,22H2,1-2H3;1H. The summed E-state index contributed by atoms with van der Waals surface area (Å²) in [6.45, 7) is 0.536. The summed E-state index contributed by atoms with van der Waals surface area (Å²) in [6.07, 6.45) is 3.23. The van der Waals surface area contributed by atoms with Gasteiger partial charge in [0.05, 0.1) is 14.2 Å². The van der Waals surface area contributed by atoms with Crippen LogP contribution >= 0.6 is 12.4 Å². The van der Waals surface area contributed by atoms with E-state index in [9.17, 15) is 4.79 Å². The number of nitrogens with zero attached hydrogens (tertiary/aromatic N) is 1. The largest absolute Gasteiger partial charge is 0.497 e. The Morgan fingerprint density at radius 2 is 1.85 bits per heavy atom. The molecule has 6 heteroatoms. The van der Waals surface area contributed by atoms with E-state index >= 15 is 0 Å². The van der Waals surface area contributed by atoms with Gasteiger partial charge < -0.3 is 20.1 Å². The third kappa shape index (κ3) is 5.30. The summed E-state index contributed by atoms with van der Waals surface area (Å²) < 4.78 is 10.8. The number of nitrogens with two attached hydrogens (primary N) is 1. The summed E-state index contributed by atoms with van der Waals surface area (Å²) in [7, 11) is 3.28. The molecule has 0 heterocycles. The predicted molar refractivity (Wildman–Crippen MR) is 110 cm³/mol. The van der Waals surface area contributed by atoms with Gasteiger partial charge in [0.1, 0.15) is 11.5 Å². The SMILES string of the molecule is COc1ccc(OC)c(CN(C(=O)CCc2ccccc2N)C2CC2)c1.Cl. The first-order valence-corrected chi connectivity index (χ1v) is 8.96. The van der Waals surface area contributed by atoms with E-state index in [1.807, 2.05) is 47.4 Å². The van der Waals surface area contributed by atoms with Crippen molar-refractivity contribution in [1.29, 1.82) is 0 Å². The summed E-state index contributed by atoms with van der Waals surface area (Å²) in [4.78, 5) is 14.8. The number of methoxy groups -OCH3 is 2. The Morgan fingerprint density at radius 1 is 1.11 bits per heavy atom. The van der Waals surface area contributed by atoms with Crippen molar-refractivity contribution in [2.75, 3.05) is 20.0 Å². The van der Waals surface area contributed by atoms with E-state index in [1.165, 1.54) is 0 Å². The van der Waals surface area contributed by atoms with E-state index in [0.717, 1.165) is 41.2 Å². The highest BCUT2D eigenvalue weighted by atomic mass is 35.5. The van der Waals surface area contributed by atoms with E-state index < -0.39 is 0 Å². The first-order valence-electron chi connectivity index (χ1n) is 8.96. The highest BCUT2D eigenvalue weighted by molar-refractivity contribution is 5.85. The molecule has 1 fully saturated rings. The van der Waals surface area contributed by atoms with E-state index in [4.69, 9.17) is 15.2 Å². The van der Waals surface area contributed by atoms with Crippen molar-refractivity contribution < 1.29 is 14.3 Å². The van der Waals surface area contributed by atoms with Crippen molar-refractivity contribution >= 4 is 24.0 Å². The molecule has 27 heavy (non-hydrogen) atoms. The Kier molecular flexibility index (Phi) is 7.36. The minimum absolute atomic E-state index is 0. The second kappa shape index (κ2) is 9.51. The Bertz CT molecular complexity index is 778. The average Bonchev–Trinajstić information content (AvgIpc) is 3.50. The number of ether oxygens (including phenoxy) is 2. The van der Waals surface area contributed by atoms with Crippen LogP contribution in [0.5, 0.6) is 11.5 Å². The maximum absolute atomic E-state index is 12.9. The van der Waals surface area contributed by atoms with Crippen LogP contribution in [0, 0.1) is 0 Å². The van der Waals surface area contributed by atoms with Gasteiger partial charge in [-0.25, -0.2) is 0 Å². The number of carbonyl (C=O) groups excluding carboxylic acids is 1. The van der Waals surface area contributed by atoms with Gasteiger partial charge in [0.15, 0.2) is 0 Å². The Balaban J connectivity index is 0.00000261. The van der Waals surface area contributed by atoms with E-state index in [0.29, 0.717) is 25.4 Å². The molecule has 5 nitrogen and oxygen atoms in total. The molecule has 0 saturated heterocycles. The highest BCUT2D eigenvalue weighted by Crippen LogP contribution is 2.32. The molecule has 0 aliphatic heterocycles. The number of rotatable bonds is 8. The molecule has 0 atom stereocenters. The third-order valence-corrected chi connectivity index (χ3v) is 4.80. The van der Waals surface area contributed by atoms with Gasteiger partial charge in [0.2, 0.25) is 5.91 Å². The molecular weight excluding hydrogens is 364 g/mol. The third-order valence-electron chi connectivity index (χ3n) is 4.80. The van der Waals surface area contributed by atoms with Gasteiger partial charge in [-0.3, -0.25) is 4.79 Å². The molecule has 0 spiro atoms. The fraction of sp³-hybridized carbons (Fsp3) is 0.381. The average molecular weight is 391 g/mol. The lowest BCUT2D eigenvalue weighted by molar-refractivity contribution is -0.132. The molecule has 3 rings (SSSR count). The molecule has 1 aliphatic rings. The number of benzene rings is 2. The number of carbonyl (C=O) groups is 1. The molecule has 0 radical (unpaired) electrons. The molecule has 1 amide bonds. The lowest BCUT2D eigenvalue weighted by Crippen LogP contribution is -2.33. The smallest absolute Gasteiger partial charge is 0.223 e. The predicted octanol–water partition coefficient (Wildman–Crippen LogP) is 3.83. The van der Waals surface area contributed by atoms with Gasteiger partial charge >= 0.3 is 0 Å². The first-order chi connectivity index (χ1) is 12.6. The molecule has 0 unspecified atom stereocenters. The van der Waals surface area contributed by atoms with Crippen LogP contribution in [-0.4, -0.2) is 31.1 Å². The summed E-state index contributed by atoms with van der Waals surface area (Å²) >= 11 is 0. The fourth-order valence-corrected chi connectivity index (χ4v) is 3.14. The quantitative estimate of drug-likeness (QED) is 0.695. The zero-order chi connectivity index (χ0) is 18.5. The number of anilines is 1. The second-order valence-electron chi connectivity index (χ2n) is 6.63. The van der Waals surface area contributed by atoms with Crippen molar-refractivity contribution in [3.05, 3.63) is 53.6 Å². The maximum Gasteiger partial charge on any atom is 0.223 e. The van der Waals surface area contributed by atoms with Gasteiger partial charge in [-0.2, -0.15) is 0 Å². The lowest BCUT2D eigenvalue weighted by atomic mass is 10.1. The van der Waals surface area contributed by atoms with E-state index in [-0.39, 0.29) is 18.3 Å². The van der Waals surface area contributed by atoms with Crippen molar-refractivity contribution in [1.82, 2.24) is 4.90 Å². The summed E-state index contributed by atoms with van der Waals surface area (Å²) in [5, 5.41) is 0. The van der Waals surface area contributed by atoms with E-state index in [1.54, 1.807) is 14.2 Å². The van der Waals surface area contributed by atoms with Crippen LogP contribution in [0.3, 0.4) is 0 Å². The van der Waals surface area contributed by atoms with Gasteiger partial charge in [0, 0.05) is 30.3 Å². The molecule has 0 bridgehead atoms. The number of hydrogen-bond donors (Lipinski definition) is 1. The lowest BCUT2D eigenvalue weighted by Gasteiger charge is -2.24. The minimum atomic E-state index is 0. The molecular formula is C21H27ClN2O3. The van der Waals surface area contributed by atoms with Crippen LogP contribution in [-0.2, 0) is 17.8 Å². The van der Waals surface area contributed by atoms with Gasteiger partial charge in [-0.1, -0.05) is 18.2 Å². The summed E-state index contributed by atoms with van der Waals surface area (Å²) in [6, 6.07) is 13.7. The monoisotopic (exact) mass is 390 g/mol. The molecule has 1 aliphatic carbocycles. The van der Waals surface area contributed by atoms with Crippen molar-refractivity contribution in [3.8, 4) is 11.5 Å². The molecule has 1 saturated carbocycles. The first kappa shape index (κ1) is 20.9. The zero-order valence-corrected chi connectivity index (χ0v) is 16.6. The second-order valence-corrected chi connectivity index (χ2v) is 6.63. The van der Waals surface area contributed by atoms with Crippen LogP contribution in [0.2, 0.25) is 0 Å². The number of nitrogen functional groups attached to an aromatic ring is 1. The Hall–Kier alpha value is -2.40. The molecule has 0 aromatic heterocycles. The Labute approximate surface area is 166 Å². The number of aryl methyl sites for hydroxylation is 1. The molecule has 146 valence electrons. The molecule has 2 aromatic carbocycles. The number of para-hydroxylation sites is 1. The number of amides is 1. The zero-order valence-electron chi connectivity index (χ0n) is 15.8. The number of halogens is 1. The Morgan fingerprint density at radius 3 is 2.48 bits per heavy atom. The number of hydrogen-bond acceptors (Lipinski definition) is 4. The summed E-state index contributed by atoms with van der Waals surface area (Å²) in [5.41, 5.74) is 8.72. The highest BCUT2D eigenvalue weighted by Gasteiger charge is 2.32. The topological polar surface area (TPSA) is 64.8 Å². The van der Waals surface area contributed by atoms with Crippen LogP contribution in [0.4, 0.5) is 5.69 Å². The molecule has 2 aromatic rings. The van der Waals surface area contributed by atoms with Gasteiger partial charge in [0.25, 0.3) is 0 Å². The van der Waals surface area contributed by atoms with Crippen molar-refractivity contribution in [2.45, 2.75) is 38.3 Å². The van der Waals surface area contributed by atoms with Crippen molar-refractivity contribution in [3.63, 3.8) is 0 Å². The van der Waals surface area contributed by atoms with Crippen LogP contribution in [0.25, 0.3) is 0 Å². The van der Waals surface area contributed by atoms with Crippen molar-refractivity contribution in [2.24, 2.45) is 0 Å². The van der Waals surface area contributed by atoms with Gasteiger partial charge in [-0.05, 0) is 49.1 Å². The minimum Gasteiger partial charge on any atom is -0.497 e. The van der Waals surface area contributed by atoms with Crippen LogP contribution in [0.15, 0.2) is 42.5 Å². The van der Waals surface area contributed by atoms with Crippen LogP contribution < -0.4 is 15.2 Å².